The van der Waals surface area contributed by atoms with Crippen LogP contribution in [-0.4, -0.2) is 28.9 Å². The summed E-state index contributed by atoms with van der Waals surface area (Å²) in [6, 6.07) is 1.76. The van der Waals surface area contributed by atoms with Gasteiger partial charge in [-0.25, -0.2) is 9.98 Å². The van der Waals surface area contributed by atoms with Crippen molar-refractivity contribution >= 4 is 35.1 Å². The van der Waals surface area contributed by atoms with Crippen molar-refractivity contribution in [1.82, 2.24) is 9.88 Å². The molecule has 33 heavy (non-hydrogen) atoms. The van der Waals surface area contributed by atoms with Gasteiger partial charge < -0.3 is 29.5 Å². The molecule has 176 valence electrons. The van der Waals surface area contributed by atoms with Crippen LogP contribution in [0.3, 0.4) is 0 Å². The van der Waals surface area contributed by atoms with Gasteiger partial charge in [-0.1, -0.05) is 43.6 Å². The molecule has 1 saturated heterocycles. The Kier molecular flexibility index (Phi) is 12.2. The van der Waals surface area contributed by atoms with E-state index in [2.05, 4.69) is 34.0 Å². The molecular formula is C24H33ClN6SU. The van der Waals surface area contributed by atoms with E-state index in [0.29, 0.717) is 21.4 Å². The van der Waals surface area contributed by atoms with E-state index in [1.54, 1.807) is 18.5 Å². The van der Waals surface area contributed by atoms with E-state index in [9.17, 15) is 0 Å². The van der Waals surface area contributed by atoms with Crippen molar-refractivity contribution < 1.29 is 31.1 Å². The second-order valence-electron chi connectivity index (χ2n) is 8.09. The third kappa shape index (κ3) is 7.85. The molecule has 0 bridgehead atoms. The van der Waals surface area contributed by atoms with E-state index in [1.165, 1.54) is 22.9 Å². The first-order chi connectivity index (χ1) is 14.8. The number of anilines is 1. The van der Waals surface area contributed by atoms with Crippen LogP contribution < -0.4 is 17.2 Å². The minimum Gasteiger partial charge on any atom is -0.392 e. The summed E-state index contributed by atoms with van der Waals surface area (Å²) >= 11 is 7.45. The Morgan fingerprint density at radius 3 is 2.67 bits per heavy atom. The van der Waals surface area contributed by atoms with Crippen LogP contribution in [0.25, 0.3) is 0 Å². The number of rotatable bonds is 5. The van der Waals surface area contributed by atoms with Gasteiger partial charge in [-0.3, -0.25) is 0 Å². The normalized spacial score (nSPS) is 18.8. The van der Waals surface area contributed by atoms with E-state index in [0.717, 1.165) is 43.7 Å². The molecular weight excluding hydrogens is 678 g/mol. The fourth-order valence-electron chi connectivity index (χ4n) is 4.16. The summed E-state index contributed by atoms with van der Waals surface area (Å²) in [5.41, 5.74) is 21.3. The van der Waals surface area contributed by atoms with Crippen molar-refractivity contribution in [2.45, 2.75) is 44.4 Å². The predicted octanol–water partition coefficient (Wildman–Crippen LogP) is 5.06. The summed E-state index contributed by atoms with van der Waals surface area (Å²) < 4.78 is 0. The Hall–Kier alpha value is -1.33. The van der Waals surface area contributed by atoms with Crippen LogP contribution in [0.4, 0.5) is 5.82 Å². The molecule has 0 amide bonds. The van der Waals surface area contributed by atoms with Crippen molar-refractivity contribution in [2.24, 2.45) is 21.9 Å². The van der Waals surface area contributed by atoms with Gasteiger partial charge >= 0.3 is 31.1 Å². The van der Waals surface area contributed by atoms with Gasteiger partial charge in [0.15, 0.2) is 5.96 Å². The molecule has 2 heterocycles. The van der Waals surface area contributed by atoms with Crippen LogP contribution >= 0.6 is 23.4 Å². The first kappa shape index (κ1) is 29.7. The van der Waals surface area contributed by atoms with E-state index in [1.807, 2.05) is 19.1 Å². The molecule has 1 spiro atoms. The average molecular weight is 711 g/mol. The second kappa shape index (κ2) is 13.5. The van der Waals surface area contributed by atoms with Gasteiger partial charge in [-0.05, 0) is 30.7 Å². The quantitative estimate of drug-likeness (QED) is 0.130. The maximum absolute atomic E-state index is 6.24. The molecule has 1 fully saturated rings. The molecule has 0 unspecified atom stereocenters. The number of hydrogen-bond acceptors (Lipinski definition) is 5. The maximum atomic E-state index is 6.24. The minimum absolute atomic E-state index is 0. The third-order valence-corrected chi connectivity index (χ3v) is 7.27. The number of nitrogens with two attached hydrogens (primary N) is 3. The van der Waals surface area contributed by atoms with Crippen molar-refractivity contribution in [1.29, 1.82) is 0 Å². The number of hydrogen-bond donors (Lipinski definition) is 3. The number of allylic oxidation sites excluding steroid dienone is 6. The summed E-state index contributed by atoms with van der Waals surface area (Å²) in [5.74, 6) is 0.766. The fraction of sp³-hybridized carbons (Fsp3) is 0.375. The van der Waals surface area contributed by atoms with Gasteiger partial charge in [0.1, 0.15) is 5.82 Å². The SMILES string of the molecule is C/C=C\[C-]=CC1=C(C)CC2(CCN(C(N)=N/C=C(\N)Sc3ccnc(N)c3Cl)CC2)C1.[CH3-].[U+2]. The van der Waals surface area contributed by atoms with E-state index in [-0.39, 0.29) is 44.4 Å². The zero-order chi connectivity index (χ0) is 22.4. The van der Waals surface area contributed by atoms with Gasteiger partial charge in [0.05, 0.1) is 16.3 Å². The van der Waals surface area contributed by atoms with Crippen molar-refractivity contribution in [3.63, 3.8) is 0 Å². The number of nitrogens with zero attached hydrogens (tertiary/aromatic N) is 3. The van der Waals surface area contributed by atoms with Crippen molar-refractivity contribution in [2.75, 3.05) is 18.8 Å². The smallest absolute Gasteiger partial charge is 0.392 e. The first-order valence-electron chi connectivity index (χ1n) is 10.3. The summed E-state index contributed by atoms with van der Waals surface area (Å²) in [6.07, 6.45) is 17.0. The summed E-state index contributed by atoms with van der Waals surface area (Å²) in [7, 11) is 0. The number of likely N-dealkylation sites (tertiary alicyclic amines) is 1. The monoisotopic (exact) mass is 710 g/mol. The number of guanidine groups is 1. The van der Waals surface area contributed by atoms with Gasteiger partial charge in [0.25, 0.3) is 0 Å². The molecule has 1 aliphatic carbocycles. The second-order valence-corrected chi connectivity index (χ2v) is 9.58. The van der Waals surface area contributed by atoms with Crippen LogP contribution in [0, 0.1) is 50.0 Å². The zero-order valence-electron chi connectivity index (χ0n) is 19.6. The molecule has 6 nitrogen and oxygen atoms in total. The number of nitrogen functional groups attached to an aromatic ring is 1. The number of thioether (sulfide) groups is 1. The van der Waals surface area contributed by atoms with Crippen LogP contribution in [-0.2, 0) is 0 Å². The Balaban J connectivity index is 0.00000272. The molecule has 0 radical (unpaired) electrons. The molecule has 9 heteroatoms. The van der Waals surface area contributed by atoms with Gasteiger partial charge in [0.2, 0.25) is 0 Å². The molecule has 1 aliphatic heterocycles. The molecule has 0 saturated carbocycles. The van der Waals surface area contributed by atoms with Gasteiger partial charge in [-0.2, -0.15) is 24.3 Å². The van der Waals surface area contributed by atoms with Crippen LogP contribution in [0.5, 0.6) is 0 Å². The van der Waals surface area contributed by atoms with E-state index in [4.69, 9.17) is 28.8 Å². The molecule has 2 aliphatic rings. The molecule has 1 aromatic heterocycles. The molecule has 6 N–H and O–H groups in total. The largest absolute Gasteiger partial charge is 2.00 e. The Morgan fingerprint density at radius 2 is 2.00 bits per heavy atom. The number of piperidine rings is 1. The predicted molar refractivity (Wildman–Crippen MR) is 138 cm³/mol. The number of aliphatic imine (C=N–C) groups is 1. The van der Waals surface area contributed by atoms with Gasteiger partial charge in [-0.15, -0.1) is 11.1 Å². The summed E-state index contributed by atoms with van der Waals surface area (Å²) in [4.78, 5) is 11.2. The molecule has 0 atom stereocenters. The maximum Gasteiger partial charge on any atom is 2.00 e. The number of halogens is 1. The standard InChI is InChI=1S/C23H30ClN6S.CH3.U/c1-3-4-5-6-17-14-23(13-16(17)2)8-11-30(12-9-23)22(27)29-15-19(25)31-18-7-10-28-21(26)20(18)24;;/h3-4,6-7,10,15H,8-9,11-14,25H2,1-2H3,(H2,26,28)(H2,27,29);1H3;/q2*-1;+2/b4-3-,19-15+;;. The number of aromatic nitrogens is 1. The van der Waals surface area contributed by atoms with Crippen LogP contribution in [0.15, 0.2) is 62.8 Å². The van der Waals surface area contributed by atoms with Crippen molar-refractivity contribution in [3.05, 3.63) is 71.4 Å². The Morgan fingerprint density at radius 1 is 1.30 bits per heavy atom. The van der Waals surface area contributed by atoms with E-state index >= 15 is 0 Å². The Bertz CT molecular complexity index is 962. The summed E-state index contributed by atoms with van der Waals surface area (Å²) in [5, 5.41) is 0.869. The van der Waals surface area contributed by atoms with Crippen molar-refractivity contribution in [3.8, 4) is 0 Å². The zero-order valence-corrected chi connectivity index (χ0v) is 25.3. The summed E-state index contributed by atoms with van der Waals surface area (Å²) in [6.45, 7) is 6.04. The van der Waals surface area contributed by atoms with Crippen LogP contribution in [0.1, 0.15) is 39.5 Å². The number of pyridine rings is 1. The molecule has 3 rings (SSSR count). The van der Waals surface area contributed by atoms with Crippen LogP contribution in [0.2, 0.25) is 5.02 Å². The Labute approximate surface area is 231 Å². The molecule has 1 aromatic rings. The molecule has 0 aromatic carbocycles. The average Bonchev–Trinajstić information content (AvgIpc) is 3.05. The fourth-order valence-corrected chi connectivity index (χ4v) is 5.07. The van der Waals surface area contributed by atoms with E-state index < -0.39 is 0 Å². The third-order valence-electron chi connectivity index (χ3n) is 5.85. The first-order valence-corrected chi connectivity index (χ1v) is 11.5. The topological polar surface area (TPSA) is 107 Å². The van der Waals surface area contributed by atoms with Gasteiger partial charge in [0, 0.05) is 24.2 Å². The minimum atomic E-state index is 0.